The van der Waals surface area contributed by atoms with E-state index < -0.39 is 12.0 Å². The van der Waals surface area contributed by atoms with Gasteiger partial charge in [-0.05, 0) is 53.5 Å². The third-order valence-electron chi connectivity index (χ3n) is 6.68. The van der Waals surface area contributed by atoms with Gasteiger partial charge in [-0.15, -0.1) is 0 Å². The van der Waals surface area contributed by atoms with Crippen molar-refractivity contribution >= 4 is 23.4 Å². The zero-order chi connectivity index (χ0) is 26.2. The van der Waals surface area contributed by atoms with Crippen LogP contribution in [-0.4, -0.2) is 22.2 Å². The molecule has 4 aromatic rings. The molecule has 0 radical (unpaired) electrons. The van der Waals surface area contributed by atoms with Crippen LogP contribution in [0, 0.1) is 0 Å². The normalized spacial score (nSPS) is 16.4. The first-order valence-corrected chi connectivity index (χ1v) is 13.1. The lowest BCUT2D eigenvalue weighted by atomic mass is 9.94. The lowest BCUT2D eigenvalue weighted by Gasteiger charge is -2.25. The van der Waals surface area contributed by atoms with Crippen molar-refractivity contribution in [1.29, 1.82) is 0 Å². The van der Waals surface area contributed by atoms with E-state index in [1.54, 1.807) is 41.8 Å². The highest BCUT2D eigenvalue weighted by atomic mass is 32.1. The van der Waals surface area contributed by atoms with Crippen molar-refractivity contribution in [1.82, 2.24) is 4.57 Å². The van der Waals surface area contributed by atoms with Gasteiger partial charge < -0.3 is 14.6 Å². The van der Waals surface area contributed by atoms with Crippen molar-refractivity contribution in [3.05, 3.63) is 126 Å². The van der Waals surface area contributed by atoms with E-state index in [1.165, 1.54) is 11.3 Å². The monoisotopic (exact) mass is 524 g/mol. The predicted octanol–water partition coefficient (Wildman–Crippen LogP) is 3.62. The highest BCUT2D eigenvalue weighted by Gasteiger charge is 2.34. The second kappa shape index (κ2) is 9.79. The number of esters is 1. The standard InChI is InChI=1S/C30H24N2O5S/c1-18-26(29(35)37-17-20-5-3-2-4-6-20)27(22-10-9-21-13-14-36-24(21)16-22)32-28(34)25(38-30(32)31-18)15-19-7-11-23(33)12-8-19/h2-12,15-16,27,33H,13-14,17H2,1H3/b25-15-. The largest absolute Gasteiger partial charge is 0.508 e. The first kappa shape index (κ1) is 23.9. The van der Waals surface area contributed by atoms with Crippen molar-refractivity contribution in [3.63, 3.8) is 0 Å². The van der Waals surface area contributed by atoms with Gasteiger partial charge in [-0.1, -0.05) is 65.9 Å². The summed E-state index contributed by atoms with van der Waals surface area (Å²) in [5.41, 5.74) is 4.07. The van der Waals surface area contributed by atoms with Gasteiger partial charge >= 0.3 is 5.97 Å². The molecule has 2 aliphatic heterocycles. The number of nitrogens with zero attached hydrogens (tertiary/aromatic N) is 2. The summed E-state index contributed by atoms with van der Waals surface area (Å²) < 4.78 is 13.6. The molecule has 1 N–H and O–H groups in total. The van der Waals surface area contributed by atoms with Crippen LogP contribution in [0.15, 0.2) is 93.9 Å². The van der Waals surface area contributed by atoms with Gasteiger partial charge in [0.15, 0.2) is 4.80 Å². The summed E-state index contributed by atoms with van der Waals surface area (Å²) in [6.07, 6.45) is 2.59. The maximum absolute atomic E-state index is 13.8. The van der Waals surface area contributed by atoms with E-state index in [9.17, 15) is 14.7 Å². The van der Waals surface area contributed by atoms with Crippen LogP contribution in [0.25, 0.3) is 6.08 Å². The minimum absolute atomic E-state index is 0.113. The summed E-state index contributed by atoms with van der Waals surface area (Å²) in [6.45, 7) is 2.49. The lowest BCUT2D eigenvalue weighted by molar-refractivity contribution is -0.140. The van der Waals surface area contributed by atoms with Crippen LogP contribution in [0.1, 0.15) is 35.2 Å². The fraction of sp³-hybridized carbons (Fsp3) is 0.167. The van der Waals surface area contributed by atoms with Gasteiger partial charge in [-0.25, -0.2) is 9.79 Å². The number of thiazole rings is 1. The molecular weight excluding hydrogens is 500 g/mol. The number of aromatic nitrogens is 1. The molecule has 0 saturated heterocycles. The summed E-state index contributed by atoms with van der Waals surface area (Å²) in [7, 11) is 0. The number of hydrogen-bond donors (Lipinski definition) is 1. The average molecular weight is 525 g/mol. The van der Waals surface area contributed by atoms with Gasteiger partial charge in [0.05, 0.1) is 28.5 Å². The molecular formula is C30H24N2O5S. The Morgan fingerprint density at radius 2 is 1.95 bits per heavy atom. The van der Waals surface area contributed by atoms with Crippen molar-refractivity contribution in [2.45, 2.75) is 26.0 Å². The van der Waals surface area contributed by atoms with Gasteiger partial charge in [0.25, 0.3) is 5.56 Å². The van der Waals surface area contributed by atoms with Gasteiger partial charge in [-0.3, -0.25) is 9.36 Å². The smallest absolute Gasteiger partial charge is 0.338 e. The maximum Gasteiger partial charge on any atom is 0.338 e. The van der Waals surface area contributed by atoms with Crippen LogP contribution in [0.2, 0.25) is 0 Å². The van der Waals surface area contributed by atoms with E-state index in [4.69, 9.17) is 9.47 Å². The maximum atomic E-state index is 13.8. The van der Waals surface area contributed by atoms with Crippen LogP contribution in [0.4, 0.5) is 0 Å². The van der Waals surface area contributed by atoms with Gasteiger partial charge in [0, 0.05) is 6.42 Å². The Bertz CT molecular complexity index is 1750. The number of carbonyl (C=O) groups is 1. The first-order chi connectivity index (χ1) is 18.5. The van der Waals surface area contributed by atoms with E-state index in [-0.39, 0.29) is 17.9 Å². The molecule has 2 aliphatic rings. The van der Waals surface area contributed by atoms with Crippen LogP contribution in [0.3, 0.4) is 0 Å². The number of benzene rings is 3. The van der Waals surface area contributed by atoms with Crippen molar-refractivity contribution in [3.8, 4) is 11.5 Å². The molecule has 0 fully saturated rings. The number of allylic oxidation sites excluding steroid dienone is 1. The predicted molar refractivity (Wildman–Crippen MR) is 144 cm³/mol. The fourth-order valence-corrected chi connectivity index (χ4v) is 5.82. The van der Waals surface area contributed by atoms with Crippen molar-refractivity contribution < 1.29 is 19.4 Å². The number of phenols is 1. The SMILES string of the molecule is CC1=C(C(=O)OCc2ccccc2)C(c2ccc3c(c2)OCC3)n2c(s/c(=C\c3ccc(O)cc3)c2=O)=N1. The quantitative estimate of drug-likeness (QED) is 0.403. The Morgan fingerprint density at radius 3 is 2.74 bits per heavy atom. The second-order valence-electron chi connectivity index (χ2n) is 9.20. The summed E-state index contributed by atoms with van der Waals surface area (Å²) in [4.78, 5) is 32.5. The van der Waals surface area contributed by atoms with E-state index in [0.29, 0.717) is 27.2 Å². The highest BCUT2D eigenvalue weighted by Crippen LogP contribution is 2.35. The Hall–Kier alpha value is -4.43. The number of hydrogen-bond acceptors (Lipinski definition) is 7. The Labute approximate surface area is 222 Å². The minimum atomic E-state index is -0.717. The van der Waals surface area contributed by atoms with Crippen LogP contribution in [0.5, 0.6) is 11.5 Å². The molecule has 3 aromatic carbocycles. The molecule has 6 rings (SSSR count). The number of ether oxygens (including phenoxy) is 2. The summed E-state index contributed by atoms with van der Waals surface area (Å²) in [5, 5.41) is 9.61. The summed E-state index contributed by atoms with van der Waals surface area (Å²) >= 11 is 1.26. The van der Waals surface area contributed by atoms with Crippen LogP contribution < -0.4 is 19.6 Å². The van der Waals surface area contributed by atoms with Gasteiger partial charge in [0.1, 0.15) is 18.1 Å². The van der Waals surface area contributed by atoms with Gasteiger partial charge in [-0.2, -0.15) is 0 Å². The number of fused-ring (bicyclic) bond motifs is 2. The molecule has 3 heterocycles. The molecule has 0 amide bonds. The second-order valence-corrected chi connectivity index (χ2v) is 10.2. The van der Waals surface area contributed by atoms with E-state index in [1.807, 2.05) is 48.5 Å². The fourth-order valence-electron chi connectivity index (χ4n) is 4.77. The Morgan fingerprint density at radius 1 is 1.16 bits per heavy atom. The molecule has 1 aromatic heterocycles. The molecule has 38 heavy (non-hydrogen) atoms. The molecule has 0 saturated carbocycles. The Balaban J connectivity index is 1.47. The van der Waals surface area contributed by atoms with Crippen LogP contribution >= 0.6 is 11.3 Å². The molecule has 1 unspecified atom stereocenters. The summed E-state index contributed by atoms with van der Waals surface area (Å²) in [6, 6.07) is 21.2. The number of phenolic OH excluding ortho intramolecular Hbond substituents is 1. The third-order valence-corrected chi connectivity index (χ3v) is 7.66. The average Bonchev–Trinajstić information content (AvgIpc) is 3.52. The topological polar surface area (TPSA) is 90.1 Å². The van der Waals surface area contributed by atoms with E-state index in [2.05, 4.69) is 4.99 Å². The van der Waals surface area contributed by atoms with Gasteiger partial charge in [0.2, 0.25) is 0 Å². The van der Waals surface area contributed by atoms with Crippen LogP contribution in [-0.2, 0) is 22.6 Å². The minimum Gasteiger partial charge on any atom is -0.508 e. The molecule has 8 heteroatoms. The summed E-state index contributed by atoms with van der Waals surface area (Å²) in [5.74, 6) is 0.395. The molecule has 7 nitrogen and oxygen atoms in total. The molecule has 1 atom stereocenters. The molecule has 0 spiro atoms. The first-order valence-electron chi connectivity index (χ1n) is 12.3. The van der Waals surface area contributed by atoms with E-state index >= 15 is 0 Å². The number of aromatic hydroxyl groups is 1. The molecule has 0 bridgehead atoms. The number of carbonyl (C=O) groups excluding carboxylic acids is 1. The number of rotatable bonds is 5. The lowest BCUT2D eigenvalue weighted by Crippen LogP contribution is -2.39. The van der Waals surface area contributed by atoms with Crippen molar-refractivity contribution in [2.75, 3.05) is 6.61 Å². The molecule has 190 valence electrons. The zero-order valence-corrected chi connectivity index (χ0v) is 21.4. The highest BCUT2D eigenvalue weighted by molar-refractivity contribution is 7.07. The zero-order valence-electron chi connectivity index (χ0n) is 20.6. The molecule has 0 aliphatic carbocycles. The Kier molecular flexibility index (Phi) is 6.17. The van der Waals surface area contributed by atoms with E-state index in [0.717, 1.165) is 34.4 Å². The third kappa shape index (κ3) is 4.43. The van der Waals surface area contributed by atoms with Crippen molar-refractivity contribution in [2.24, 2.45) is 4.99 Å².